The Morgan fingerprint density at radius 1 is 1.24 bits per heavy atom. The Bertz CT molecular complexity index is 790. The van der Waals surface area contributed by atoms with E-state index in [0.29, 0.717) is 6.10 Å². The van der Waals surface area contributed by atoms with E-state index in [1.807, 2.05) is 19.1 Å². The SMILES string of the molecule is Cc1cccn2c(=O)cc(CN3CCN(C[C@@H]4CCCO4)CC3)nc12. The molecule has 2 aromatic rings. The van der Waals surface area contributed by atoms with Crippen LogP contribution in [0.3, 0.4) is 0 Å². The van der Waals surface area contributed by atoms with Gasteiger partial charge in [0.15, 0.2) is 0 Å². The van der Waals surface area contributed by atoms with Crippen molar-refractivity contribution in [3.63, 3.8) is 0 Å². The Balaban J connectivity index is 1.39. The molecule has 2 saturated heterocycles. The predicted octanol–water partition coefficient (Wildman–Crippen LogP) is 1.30. The number of rotatable bonds is 4. The van der Waals surface area contributed by atoms with Crippen molar-refractivity contribution >= 4 is 5.65 Å². The van der Waals surface area contributed by atoms with Crippen molar-refractivity contribution in [2.45, 2.75) is 32.4 Å². The molecule has 0 bridgehead atoms. The van der Waals surface area contributed by atoms with Crippen molar-refractivity contribution in [3.8, 4) is 0 Å². The summed E-state index contributed by atoms with van der Waals surface area (Å²) in [5, 5.41) is 0. The minimum absolute atomic E-state index is 0.000665. The molecule has 0 spiro atoms. The average molecular weight is 342 g/mol. The molecule has 2 fully saturated rings. The third-order valence-electron chi connectivity index (χ3n) is 5.28. The minimum atomic E-state index is 0.000665. The van der Waals surface area contributed by atoms with E-state index in [2.05, 4.69) is 9.80 Å². The molecular formula is C19H26N4O2. The first-order chi connectivity index (χ1) is 12.2. The van der Waals surface area contributed by atoms with Crippen LogP contribution in [0.4, 0.5) is 0 Å². The largest absolute Gasteiger partial charge is 0.377 e. The van der Waals surface area contributed by atoms with Crippen LogP contribution in [0, 0.1) is 6.92 Å². The summed E-state index contributed by atoms with van der Waals surface area (Å²) in [7, 11) is 0. The lowest BCUT2D eigenvalue weighted by atomic mass is 10.2. The molecule has 25 heavy (non-hydrogen) atoms. The Morgan fingerprint density at radius 2 is 2.04 bits per heavy atom. The summed E-state index contributed by atoms with van der Waals surface area (Å²) in [5.74, 6) is 0. The molecule has 2 aliphatic heterocycles. The summed E-state index contributed by atoms with van der Waals surface area (Å²) >= 11 is 0. The van der Waals surface area contributed by atoms with Crippen LogP contribution >= 0.6 is 0 Å². The number of fused-ring (bicyclic) bond motifs is 1. The standard InChI is InChI=1S/C19H26N4O2/c1-15-4-2-6-23-18(24)12-16(20-19(15)23)13-21-7-9-22(10-8-21)14-17-5-3-11-25-17/h2,4,6,12,17H,3,5,7-11,13-14H2,1H3/t17-/m0/s1. The zero-order valence-corrected chi connectivity index (χ0v) is 14.9. The van der Waals surface area contributed by atoms with Gasteiger partial charge in [-0.2, -0.15) is 0 Å². The van der Waals surface area contributed by atoms with Gasteiger partial charge in [-0.15, -0.1) is 0 Å². The summed E-state index contributed by atoms with van der Waals surface area (Å²) in [4.78, 5) is 21.9. The molecule has 4 rings (SSSR count). The van der Waals surface area contributed by atoms with Gasteiger partial charge in [0.25, 0.3) is 5.56 Å². The van der Waals surface area contributed by atoms with Gasteiger partial charge in [0, 0.05) is 58.1 Å². The minimum Gasteiger partial charge on any atom is -0.377 e. The number of pyridine rings is 1. The number of piperazine rings is 1. The molecule has 0 aromatic carbocycles. The van der Waals surface area contributed by atoms with Crippen LogP contribution in [0.15, 0.2) is 29.2 Å². The first-order valence-electron chi connectivity index (χ1n) is 9.23. The molecule has 6 heteroatoms. The third kappa shape index (κ3) is 3.76. The van der Waals surface area contributed by atoms with Crippen LogP contribution in [0.2, 0.25) is 0 Å². The summed E-state index contributed by atoms with van der Waals surface area (Å²) < 4.78 is 7.36. The number of nitrogens with zero attached hydrogens (tertiary/aromatic N) is 4. The zero-order chi connectivity index (χ0) is 17.2. The predicted molar refractivity (Wildman–Crippen MR) is 96.9 cm³/mol. The second-order valence-electron chi connectivity index (χ2n) is 7.18. The summed E-state index contributed by atoms with van der Waals surface area (Å²) in [6, 6.07) is 5.55. The van der Waals surface area contributed by atoms with Gasteiger partial charge in [-0.3, -0.25) is 19.0 Å². The van der Waals surface area contributed by atoms with Gasteiger partial charge in [-0.05, 0) is 31.4 Å². The van der Waals surface area contributed by atoms with E-state index >= 15 is 0 Å². The van der Waals surface area contributed by atoms with Crippen LogP contribution < -0.4 is 5.56 Å². The van der Waals surface area contributed by atoms with Crippen molar-refractivity contribution in [2.75, 3.05) is 39.3 Å². The van der Waals surface area contributed by atoms with Crippen LogP contribution in [0.5, 0.6) is 0 Å². The molecule has 0 unspecified atom stereocenters. The molecule has 0 radical (unpaired) electrons. The molecular weight excluding hydrogens is 316 g/mol. The van der Waals surface area contributed by atoms with Crippen molar-refractivity contribution in [3.05, 3.63) is 46.0 Å². The number of aryl methyl sites for hydroxylation is 1. The monoisotopic (exact) mass is 342 g/mol. The highest BCUT2D eigenvalue weighted by atomic mass is 16.5. The molecule has 6 nitrogen and oxygen atoms in total. The van der Waals surface area contributed by atoms with Gasteiger partial charge >= 0.3 is 0 Å². The van der Waals surface area contributed by atoms with E-state index in [4.69, 9.17) is 9.72 Å². The van der Waals surface area contributed by atoms with Crippen LogP contribution in [-0.2, 0) is 11.3 Å². The lowest BCUT2D eigenvalue weighted by Gasteiger charge is -2.35. The lowest BCUT2D eigenvalue weighted by molar-refractivity contribution is 0.0487. The molecule has 0 saturated carbocycles. The maximum Gasteiger partial charge on any atom is 0.258 e. The third-order valence-corrected chi connectivity index (χ3v) is 5.28. The van der Waals surface area contributed by atoms with Crippen molar-refractivity contribution in [1.82, 2.24) is 19.2 Å². The molecule has 0 amide bonds. The van der Waals surface area contributed by atoms with Crippen LogP contribution in [0.25, 0.3) is 5.65 Å². The highest BCUT2D eigenvalue weighted by Crippen LogP contribution is 2.15. The van der Waals surface area contributed by atoms with Gasteiger partial charge in [-0.1, -0.05) is 6.07 Å². The number of aromatic nitrogens is 2. The number of hydrogen-bond acceptors (Lipinski definition) is 5. The highest BCUT2D eigenvalue weighted by molar-refractivity contribution is 5.46. The Morgan fingerprint density at radius 3 is 2.80 bits per heavy atom. The smallest absolute Gasteiger partial charge is 0.258 e. The van der Waals surface area contributed by atoms with E-state index in [-0.39, 0.29) is 5.56 Å². The maximum absolute atomic E-state index is 12.3. The first-order valence-corrected chi connectivity index (χ1v) is 9.23. The van der Waals surface area contributed by atoms with E-state index in [1.54, 1.807) is 16.7 Å². The first kappa shape index (κ1) is 16.7. The molecule has 2 aromatic heterocycles. The normalized spacial score (nSPS) is 22.7. The number of ether oxygens (including phenoxy) is 1. The van der Waals surface area contributed by atoms with E-state index in [0.717, 1.165) is 62.8 Å². The fourth-order valence-corrected chi connectivity index (χ4v) is 3.83. The number of hydrogen-bond donors (Lipinski definition) is 0. The molecule has 2 aliphatic rings. The second-order valence-corrected chi connectivity index (χ2v) is 7.18. The molecule has 1 atom stereocenters. The topological polar surface area (TPSA) is 50.1 Å². The van der Waals surface area contributed by atoms with Gasteiger partial charge in [0.05, 0.1) is 11.8 Å². The van der Waals surface area contributed by atoms with Crippen LogP contribution in [0.1, 0.15) is 24.1 Å². The average Bonchev–Trinajstić information content (AvgIpc) is 3.11. The summed E-state index contributed by atoms with van der Waals surface area (Å²) in [5.41, 5.74) is 2.66. The zero-order valence-electron chi connectivity index (χ0n) is 14.9. The molecule has 0 N–H and O–H groups in total. The second kappa shape index (κ2) is 7.23. The lowest BCUT2D eigenvalue weighted by Crippen LogP contribution is -2.48. The summed E-state index contributed by atoms with van der Waals surface area (Å²) in [6.07, 6.45) is 4.61. The van der Waals surface area contributed by atoms with Gasteiger partial charge in [0.1, 0.15) is 5.65 Å². The van der Waals surface area contributed by atoms with Crippen molar-refractivity contribution in [1.29, 1.82) is 0 Å². The molecule has 134 valence electrons. The van der Waals surface area contributed by atoms with Gasteiger partial charge < -0.3 is 4.74 Å². The molecule has 4 heterocycles. The van der Waals surface area contributed by atoms with E-state index in [9.17, 15) is 4.79 Å². The summed E-state index contributed by atoms with van der Waals surface area (Å²) in [6.45, 7) is 8.87. The fourth-order valence-electron chi connectivity index (χ4n) is 3.83. The fraction of sp³-hybridized carbons (Fsp3) is 0.579. The molecule has 0 aliphatic carbocycles. The Hall–Kier alpha value is -1.76. The van der Waals surface area contributed by atoms with Gasteiger partial charge in [0.2, 0.25) is 0 Å². The Labute approximate surface area is 148 Å². The van der Waals surface area contributed by atoms with E-state index < -0.39 is 0 Å². The van der Waals surface area contributed by atoms with Crippen molar-refractivity contribution < 1.29 is 4.74 Å². The Kier molecular flexibility index (Phi) is 4.83. The van der Waals surface area contributed by atoms with E-state index in [1.165, 1.54) is 12.8 Å². The maximum atomic E-state index is 12.3. The highest BCUT2D eigenvalue weighted by Gasteiger charge is 2.23. The quantitative estimate of drug-likeness (QED) is 0.838. The van der Waals surface area contributed by atoms with Gasteiger partial charge in [-0.25, -0.2) is 4.98 Å². The van der Waals surface area contributed by atoms with Crippen LogP contribution in [-0.4, -0.2) is 64.6 Å². The van der Waals surface area contributed by atoms with Crippen molar-refractivity contribution in [2.24, 2.45) is 0 Å².